The topological polar surface area (TPSA) is 3.24 Å². The summed E-state index contributed by atoms with van der Waals surface area (Å²) >= 11 is 0. The molecule has 2 aliphatic rings. The molecule has 1 aromatic rings. The van der Waals surface area contributed by atoms with Gasteiger partial charge in [-0.15, -0.1) is 0 Å². The molecule has 2 aliphatic heterocycles. The lowest BCUT2D eigenvalue weighted by molar-refractivity contribution is 0.542. The summed E-state index contributed by atoms with van der Waals surface area (Å²) in [6, 6.07) is 7.98. The lowest BCUT2D eigenvalue weighted by atomic mass is 9.81. The van der Waals surface area contributed by atoms with Gasteiger partial charge >= 0.3 is 0 Å². The van der Waals surface area contributed by atoms with E-state index in [0.717, 1.165) is 11.8 Å². The van der Waals surface area contributed by atoms with E-state index in [-0.39, 0.29) is 0 Å². The van der Waals surface area contributed by atoms with Crippen LogP contribution in [0.4, 0.5) is 5.69 Å². The molecule has 0 radical (unpaired) electrons. The Kier molecular flexibility index (Phi) is 4.80. The first-order chi connectivity index (χ1) is 11.0. The van der Waals surface area contributed by atoms with E-state index in [4.69, 9.17) is 0 Å². The maximum Gasteiger partial charge on any atom is 0.0448 e. The highest BCUT2D eigenvalue weighted by molar-refractivity contribution is 6.76. The lowest BCUT2D eigenvalue weighted by Gasteiger charge is -2.44. The fraction of sp³-hybridized carbons (Fsp3) is 0.714. The largest absolute Gasteiger partial charge is 0.371 e. The van der Waals surface area contributed by atoms with Crippen LogP contribution in [0.3, 0.4) is 0 Å². The number of aryl methyl sites for hydroxylation is 1. The predicted octanol–water partition coefficient (Wildman–Crippen LogP) is 6.45. The predicted molar refractivity (Wildman–Crippen MR) is 114 cm³/mol. The Morgan fingerprint density at radius 1 is 0.833 bits per heavy atom. The van der Waals surface area contributed by atoms with Crippen LogP contribution >= 0.6 is 0 Å². The molecule has 2 atom stereocenters. The highest BCUT2D eigenvalue weighted by atomic mass is 28.3. The number of benzene rings is 1. The third-order valence-corrected chi connectivity index (χ3v) is 9.16. The molecule has 2 unspecified atom stereocenters. The van der Waals surface area contributed by atoms with Crippen LogP contribution in [0.1, 0.15) is 41.4 Å². The molecule has 1 aromatic carbocycles. The Bertz CT molecular complexity index is 560. The van der Waals surface area contributed by atoms with Crippen molar-refractivity contribution in [3.63, 3.8) is 0 Å². The van der Waals surface area contributed by atoms with Crippen LogP contribution in [0.5, 0.6) is 0 Å². The fourth-order valence-electron chi connectivity index (χ4n) is 5.00. The first-order valence-electron chi connectivity index (χ1n) is 9.93. The third kappa shape index (κ3) is 3.99. The summed E-state index contributed by atoms with van der Waals surface area (Å²) < 4.78 is 0. The Morgan fingerprint density at radius 3 is 1.62 bits per heavy atom. The molecule has 0 amide bonds. The van der Waals surface area contributed by atoms with Gasteiger partial charge < -0.3 is 4.90 Å². The molecule has 0 fully saturated rings. The van der Waals surface area contributed by atoms with Gasteiger partial charge in [0, 0.05) is 34.9 Å². The maximum atomic E-state index is 2.73. The number of anilines is 1. The van der Waals surface area contributed by atoms with E-state index in [0.29, 0.717) is 0 Å². The first kappa shape index (κ1) is 18.3. The van der Waals surface area contributed by atoms with Crippen molar-refractivity contribution in [2.75, 3.05) is 18.0 Å². The van der Waals surface area contributed by atoms with E-state index in [1.807, 2.05) is 0 Å². The van der Waals surface area contributed by atoms with Crippen LogP contribution in [0, 0.1) is 6.92 Å². The summed E-state index contributed by atoms with van der Waals surface area (Å²) in [6.07, 6.45) is 2.75. The Labute approximate surface area is 151 Å². The van der Waals surface area contributed by atoms with Crippen LogP contribution in [-0.4, -0.2) is 29.2 Å². The van der Waals surface area contributed by atoms with Gasteiger partial charge in [0.1, 0.15) is 0 Å². The summed E-state index contributed by atoms with van der Waals surface area (Å²) in [5.41, 5.74) is 6.58. The monoisotopic (exact) mass is 359 g/mol. The number of hydrogen-bond donors (Lipinski definition) is 0. The number of nitrogens with zero attached hydrogens (tertiary/aromatic N) is 1. The summed E-state index contributed by atoms with van der Waals surface area (Å²) in [5.74, 6) is 1.62. The first-order valence-corrected chi connectivity index (χ1v) is 17.3. The molecule has 3 heteroatoms. The van der Waals surface area contributed by atoms with Crippen LogP contribution in [-0.2, 0) is 0 Å². The van der Waals surface area contributed by atoms with Crippen molar-refractivity contribution in [3.05, 3.63) is 28.8 Å². The summed E-state index contributed by atoms with van der Waals surface area (Å²) in [4.78, 5) is 2.73. The molecule has 0 bridgehead atoms. The molecule has 0 saturated heterocycles. The molecule has 3 rings (SSSR count). The van der Waals surface area contributed by atoms with Crippen molar-refractivity contribution in [3.8, 4) is 0 Å². The van der Waals surface area contributed by atoms with Gasteiger partial charge in [0.25, 0.3) is 0 Å². The zero-order chi connectivity index (χ0) is 17.7. The number of hydrogen-bond acceptors (Lipinski definition) is 1. The summed E-state index contributed by atoms with van der Waals surface area (Å²) in [7, 11) is -2.06. The summed E-state index contributed by atoms with van der Waals surface area (Å²) in [5, 5.41) is 0. The quantitative estimate of drug-likeness (QED) is 0.558. The van der Waals surface area contributed by atoms with E-state index >= 15 is 0 Å². The van der Waals surface area contributed by atoms with Crippen molar-refractivity contribution in [1.82, 2.24) is 0 Å². The van der Waals surface area contributed by atoms with Crippen LogP contribution in [0.25, 0.3) is 0 Å². The second kappa shape index (κ2) is 6.32. The van der Waals surface area contributed by atoms with Crippen LogP contribution < -0.4 is 4.90 Å². The van der Waals surface area contributed by atoms with E-state index in [9.17, 15) is 0 Å². The highest BCUT2D eigenvalue weighted by Gasteiger charge is 2.36. The molecule has 0 N–H and O–H groups in total. The lowest BCUT2D eigenvalue weighted by Crippen LogP contribution is -2.39. The minimum Gasteiger partial charge on any atom is -0.371 e. The minimum absolute atomic E-state index is 0.812. The van der Waals surface area contributed by atoms with Crippen LogP contribution in [0.15, 0.2) is 12.1 Å². The molecular formula is C21H37NSi2. The SMILES string of the molecule is Cc1cc2c3c(c1)C(C[Si](C)(C)C)CCN3CCC2C[Si](C)(C)C. The van der Waals surface area contributed by atoms with Gasteiger partial charge in [0.05, 0.1) is 0 Å². The van der Waals surface area contributed by atoms with Crippen molar-refractivity contribution in [1.29, 1.82) is 0 Å². The molecular weight excluding hydrogens is 322 g/mol. The van der Waals surface area contributed by atoms with Crippen molar-refractivity contribution in [2.45, 2.75) is 83.0 Å². The fourth-order valence-corrected chi connectivity index (χ4v) is 8.80. The van der Waals surface area contributed by atoms with Crippen LogP contribution in [0.2, 0.25) is 51.4 Å². The minimum atomic E-state index is -1.03. The standard InChI is InChI=1S/C21H37NSi2/c1-16-12-19-17(14-23(2,3)4)8-10-22-11-9-18(15-24(5,6)7)20(13-16)21(19)22/h12-13,17-18H,8-11,14-15H2,1-7H3. The van der Waals surface area contributed by atoms with E-state index < -0.39 is 16.1 Å². The van der Waals surface area contributed by atoms with Gasteiger partial charge in [-0.2, -0.15) is 0 Å². The van der Waals surface area contributed by atoms with Gasteiger partial charge in [0.2, 0.25) is 0 Å². The van der Waals surface area contributed by atoms with Crippen molar-refractivity contribution >= 4 is 21.8 Å². The smallest absolute Gasteiger partial charge is 0.0448 e. The van der Waals surface area contributed by atoms with Gasteiger partial charge in [-0.3, -0.25) is 0 Å². The van der Waals surface area contributed by atoms with E-state index in [1.54, 1.807) is 16.8 Å². The van der Waals surface area contributed by atoms with Gasteiger partial charge in [0.15, 0.2) is 0 Å². The normalized spacial score (nSPS) is 24.0. The Morgan fingerprint density at radius 2 is 1.25 bits per heavy atom. The highest BCUT2D eigenvalue weighted by Crippen LogP contribution is 2.49. The molecule has 2 heterocycles. The molecule has 0 aliphatic carbocycles. The van der Waals surface area contributed by atoms with Gasteiger partial charge in [-0.25, -0.2) is 0 Å². The zero-order valence-corrected chi connectivity index (χ0v) is 19.0. The molecule has 0 aromatic heterocycles. The maximum absolute atomic E-state index is 2.73. The molecule has 0 spiro atoms. The molecule has 1 nitrogen and oxygen atoms in total. The second-order valence-corrected chi connectivity index (χ2v) is 21.8. The molecule has 24 heavy (non-hydrogen) atoms. The molecule has 0 saturated carbocycles. The average molecular weight is 360 g/mol. The van der Waals surface area contributed by atoms with Gasteiger partial charge in [-0.05, 0) is 42.7 Å². The average Bonchev–Trinajstić information content (AvgIpc) is 2.41. The van der Waals surface area contributed by atoms with E-state index in [1.165, 1.54) is 43.6 Å². The van der Waals surface area contributed by atoms with Crippen molar-refractivity contribution < 1.29 is 0 Å². The Balaban J connectivity index is 2.03. The third-order valence-electron chi connectivity index (χ3n) is 5.72. The Hall–Kier alpha value is -0.546. The van der Waals surface area contributed by atoms with Crippen molar-refractivity contribution in [2.24, 2.45) is 0 Å². The number of rotatable bonds is 4. The zero-order valence-electron chi connectivity index (χ0n) is 17.0. The van der Waals surface area contributed by atoms with E-state index in [2.05, 4.69) is 63.2 Å². The summed E-state index contributed by atoms with van der Waals surface area (Å²) in [6.45, 7) is 20.1. The second-order valence-electron chi connectivity index (χ2n) is 10.8. The molecule has 134 valence electrons. The van der Waals surface area contributed by atoms with Gasteiger partial charge in [-0.1, -0.05) is 69.1 Å².